The van der Waals surface area contributed by atoms with Crippen LogP contribution in [0.3, 0.4) is 0 Å². The Labute approximate surface area is 238 Å². The van der Waals surface area contributed by atoms with E-state index < -0.39 is 0 Å². The van der Waals surface area contributed by atoms with Gasteiger partial charge in [-0.05, 0) is 67.6 Å². The number of rotatable bonds is 7. The van der Waals surface area contributed by atoms with Crippen LogP contribution in [0.15, 0.2) is 73.3 Å². The number of nitrogens with zero attached hydrogens (tertiary/aromatic N) is 7. The highest BCUT2D eigenvalue weighted by Gasteiger charge is 2.17. The molecule has 0 unspecified atom stereocenters. The van der Waals surface area contributed by atoms with Crippen LogP contribution < -0.4 is 10.1 Å². The molecule has 10 nitrogen and oxygen atoms in total. The molecule has 0 spiro atoms. The second kappa shape index (κ2) is 11.4. The second-order valence-corrected chi connectivity index (χ2v) is 10.4. The number of hydrogen-bond acceptors (Lipinski definition) is 8. The van der Waals surface area contributed by atoms with Crippen molar-refractivity contribution in [1.29, 1.82) is 0 Å². The van der Waals surface area contributed by atoms with Gasteiger partial charge in [-0.3, -0.25) is 14.7 Å². The molecule has 0 bridgehead atoms. The van der Waals surface area contributed by atoms with Crippen LogP contribution in [0.25, 0.3) is 22.6 Å². The molecule has 1 amide bonds. The standard InChI is InChI=1S/C31H32N8O2/c1-21-17-25(8-7-24(21)19-39-15-13-37(2)14-16-39)34-30(40)23-5-4-6-26(18-23)41-31-27-29(38(3)20-33-27)35-28(36-31)22-9-11-32-12-10-22/h4-12,17-18,20H,13-16,19H2,1-3H3,(H,34,40). The summed E-state index contributed by atoms with van der Waals surface area (Å²) in [6, 6.07) is 16.8. The van der Waals surface area contributed by atoms with Crippen molar-refractivity contribution in [3.8, 4) is 23.0 Å². The topological polar surface area (TPSA) is 101 Å². The monoisotopic (exact) mass is 548 g/mol. The first-order valence-electron chi connectivity index (χ1n) is 13.6. The maximum atomic E-state index is 13.2. The molecule has 1 aliphatic rings. The van der Waals surface area contributed by atoms with Crippen molar-refractivity contribution < 1.29 is 9.53 Å². The van der Waals surface area contributed by atoms with Crippen LogP contribution in [0.1, 0.15) is 21.5 Å². The van der Waals surface area contributed by atoms with Crippen LogP contribution in [0.2, 0.25) is 0 Å². The van der Waals surface area contributed by atoms with Gasteiger partial charge in [0.05, 0.1) is 6.33 Å². The number of benzene rings is 2. The lowest BCUT2D eigenvalue weighted by Gasteiger charge is -2.32. The minimum Gasteiger partial charge on any atom is -0.437 e. The summed E-state index contributed by atoms with van der Waals surface area (Å²) >= 11 is 0. The smallest absolute Gasteiger partial charge is 0.255 e. The summed E-state index contributed by atoms with van der Waals surface area (Å²) < 4.78 is 8.01. The molecule has 10 heteroatoms. The number of likely N-dealkylation sites (N-methyl/N-ethyl adjacent to an activating group) is 1. The molecule has 41 heavy (non-hydrogen) atoms. The third kappa shape index (κ3) is 5.93. The van der Waals surface area contributed by atoms with Gasteiger partial charge in [-0.15, -0.1) is 0 Å². The number of imidazole rings is 1. The number of nitrogens with one attached hydrogen (secondary N) is 1. The summed E-state index contributed by atoms with van der Waals surface area (Å²) in [4.78, 5) is 35.8. The first kappa shape index (κ1) is 26.5. The Hall–Kier alpha value is -4.67. The van der Waals surface area contributed by atoms with E-state index >= 15 is 0 Å². The molecule has 1 aliphatic heterocycles. The number of aromatic nitrogens is 5. The first-order chi connectivity index (χ1) is 19.9. The maximum Gasteiger partial charge on any atom is 0.255 e. The number of hydrogen-bond donors (Lipinski definition) is 1. The molecule has 6 rings (SSSR count). The summed E-state index contributed by atoms with van der Waals surface area (Å²) in [5, 5.41) is 3.03. The van der Waals surface area contributed by atoms with Crippen molar-refractivity contribution in [2.24, 2.45) is 7.05 Å². The maximum absolute atomic E-state index is 13.2. The van der Waals surface area contributed by atoms with Gasteiger partial charge < -0.3 is 19.5 Å². The summed E-state index contributed by atoms with van der Waals surface area (Å²) in [5.41, 5.74) is 5.66. The van der Waals surface area contributed by atoms with E-state index in [1.54, 1.807) is 43.0 Å². The Balaban J connectivity index is 1.18. The first-order valence-corrected chi connectivity index (χ1v) is 13.6. The zero-order valence-electron chi connectivity index (χ0n) is 23.4. The van der Waals surface area contributed by atoms with Crippen LogP contribution in [0.4, 0.5) is 5.69 Å². The Bertz CT molecular complexity index is 1690. The number of fused-ring (bicyclic) bond motifs is 1. The predicted octanol–water partition coefficient (Wildman–Crippen LogP) is 4.53. The highest BCUT2D eigenvalue weighted by Crippen LogP contribution is 2.29. The number of anilines is 1. The number of piperazine rings is 1. The molecule has 5 aromatic rings. The molecule has 0 aliphatic carbocycles. The number of carbonyl (C=O) groups excluding carboxylic acids is 1. The average Bonchev–Trinajstić information content (AvgIpc) is 3.37. The Morgan fingerprint density at radius 1 is 0.976 bits per heavy atom. The van der Waals surface area contributed by atoms with E-state index in [0.717, 1.165) is 49.5 Å². The minimum absolute atomic E-state index is 0.218. The lowest BCUT2D eigenvalue weighted by atomic mass is 10.1. The quantitative estimate of drug-likeness (QED) is 0.317. The molecular formula is C31H32N8O2. The molecule has 1 N–H and O–H groups in total. The fraction of sp³-hybridized carbons (Fsp3) is 0.258. The van der Waals surface area contributed by atoms with Gasteiger partial charge in [0.2, 0.25) is 0 Å². The zero-order chi connectivity index (χ0) is 28.3. The Morgan fingerprint density at radius 2 is 1.78 bits per heavy atom. The number of pyridine rings is 1. The van der Waals surface area contributed by atoms with Crippen molar-refractivity contribution in [2.45, 2.75) is 13.5 Å². The van der Waals surface area contributed by atoms with Gasteiger partial charge in [-0.1, -0.05) is 12.1 Å². The van der Waals surface area contributed by atoms with E-state index in [-0.39, 0.29) is 5.91 Å². The molecule has 4 heterocycles. The Kier molecular flexibility index (Phi) is 7.41. The number of carbonyl (C=O) groups is 1. The van der Waals surface area contributed by atoms with Gasteiger partial charge >= 0.3 is 0 Å². The molecule has 208 valence electrons. The van der Waals surface area contributed by atoms with Crippen LogP contribution in [0.5, 0.6) is 11.6 Å². The third-order valence-corrected chi connectivity index (χ3v) is 7.37. The molecule has 0 atom stereocenters. The van der Waals surface area contributed by atoms with Crippen molar-refractivity contribution in [3.63, 3.8) is 0 Å². The van der Waals surface area contributed by atoms with Gasteiger partial charge in [0.1, 0.15) is 5.75 Å². The van der Waals surface area contributed by atoms with Gasteiger partial charge in [-0.2, -0.15) is 4.98 Å². The normalized spacial score (nSPS) is 14.3. The lowest BCUT2D eigenvalue weighted by molar-refractivity contribution is 0.102. The SMILES string of the molecule is Cc1cc(NC(=O)c2cccc(Oc3nc(-c4ccncc4)nc4c3ncn4C)c2)ccc1CN1CCN(C)CC1. The largest absolute Gasteiger partial charge is 0.437 e. The van der Waals surface area contributed by atoms with Gasteiger partial charge in [0.15, 0.2) is 17.0 Å². The molecule has 0 saturated carbocycles. The zero-order valence-corrected chi connectivity index (χ0v) is 23.4. The van der Waals surface area contributed by atoms with Crippen molar-refractivity contribution in [3.05, 3.63) is 90.0 Å². The second-order valence-electron chi connectivity index (χ2n) is 10.4. The van der Waals surface area contributed by atoms with Crippen LogP contribution in [0, 0.1) is 6.92 Å². The van der Waals surface area contributed by atoms with E-state index in [4.69, 9.17) is 4.74 Å². The van der Waals surface area contributed by atoms with E-state index in [0.29, 0.717) is 34.2 Å². The fourth-order valence-electron chi connectivity index (χ4n) is 4.90. The molecular weight excluding hydrogens is 516 g/mol. The third-order valence-electron chi connectivity index (χ3n) is 7.37. The van der Waals surface area contributed by atoms with Gasteiger partial charge in [-0.25, -0.2) is 9.97 Å². The van der Waals surface area contributed by atoms with Crippen LogP contribution in [-0.4, -0.2) is 73.4 Å². The molecule has 0 radical (unpaired) electrons. The summed E-state index contributed by atoms with van der Waals surface area (Å²) in [5.74, 6) is 1.07. The molecule has 1 fully saturated rings. The van der Waals surface area contributed by atoms with Crippen molar-refractivity contribution in [1.82, 2.24) is 34.3 Å². The summed E-state index contributed by atoms with van der Waals surface area (Å²) in [7, 11) is 4.03. The predicted molar refractivity (Wildman–Crippen MR) is 158 cm³/mol. The van der Waals surface area contributed by atoms with E-state index in [2.05, 4.69) is 55.1 Å². The van der Waals surface area contributed by atoms with Crippen molar-refractivity contribution in [2.75, 3.05) is 38.5 Å². The lowest BCUT2D eigenvalue weighted by Crippen LogP contribution is -2.43. The van der Waals surface area contributed by atoms with Crippen LogP contribution in [-0.2, 0) is 13.6 Å². The highest BCUT2D eigenvalue weighted by atomic mass is 16.5. The number of ether oxygens (including phenoxy) is 1. The fourth-order valence-corrected chi connectivity index (χ4v) is 4.90. The highest BCUT2D eigenvalue weighted by molar-refractivity contribution is 6.04. The molecule has 3 aromatic heterocycles. The van der Waals surface area contributed by atoms with Gasteiger partial charge in [0.25, 0.3) is 11.8 Å². The minimum atomic E-state index is -0.218. The molecule has 1 saturated heterocycles. The molecule has 2 aromatic carbocycles. The van der Waals surface area contributed by atoms with E-state index in [1.165, 1.54) is 5.56 Å². The number of amides is 1. The van der Waals surface area contributed by atoms with Crippen LogP contribution >= 0.6 is 0 Å². The number of aryl methyl sites for hydroxylation is 2. The van der Waals surface area contributed by atoms with E-state index in [9.17, 15) is 4.79 Å². The Morgan fingerprint density at radius 3 is 2.56 bits per heavy atom. The summed E-state index contributed by atoms with van der Waals surface area (Å²) in [6.45, 7) is 7.33. The summed E-state index contributed by atoms with van der Waals surface area (Å²) in [6.07, 6.45) is 5.06. The average molecular weight is 549 g/mol. The van der Waals surface area contributed by atoms with Gasteiger partial charge in [0, 0.05) is 69.0 Å². The van der Waals surface area contributed by atoms with E-state index in [1.807, 2.05) is 35.9 Å². The van der Waals surface area contributed by atoms with Crippen molar-refractivity contribution >= 4 is 22.8 Å².